The lowest BCUT2D eigenvalue weighted by atomic mass is 9.94. The van der Waals surface area contributed by atoms with E-state index < -0.39 is 0 Å². The molecular formula is C18H27N. The number of fused-ring (bicyclic) bond motifs is 1. The van der Waals surface area contributed by atoms with Gasteiger partial charge in [0.05, 0.1) is 0 Å². The quantitative estimate of drug-likeness (QED) is 0.844. The van der Waals surface area contributed by atoms with Crippen molar-refractivity contribution < 1.29 is 0 Å². The number of benzene rings is 1. The smallest absolute Gasteiger partial charge is 0.0141 e. The van der Waals surface area contributed by atoms with Crippen molar-refractivity contribution in [2.45, 2.75) is 52.5 Å². The highest BCUT2D eigenvalue weighted by Gasteiger charge is 2.55. The van der Waals surface area contributed by atoms with Crippen LogP contribution in [0.15, 0.2) is 18.2 Å². The Kier molecular flexibility index (Phi) is 3.66. The van der Waals surface area contributed by atoms with Gasteiger partial charge in [0.25, 0.3) is 0 Å². The predicted molar refractivity (Wildman–Crippen MR) is 81.4 cm³/mol. The number of hydrogen-bond acceptors (Lipinski definition) is 1. The molecule has 104 valence electrons. The lowest BCUT2D eigenvalue weighted by Crippen LogP contribution is -2.34. The Labute approximate surface area is 117 Å². The minimum atomic E-state index is 0.709. The molecule has 3 atom stereocenters. The Hall–Kier alpha value is -0.820. The highest BCUT2D eigenvalue weighted by atomic mass is 14.9. The van der Waals surface area contributed by atoms with Gasteiger partial charge in [-0.25, -0.2) is 0 Å². The second kappa shape index (κ2) is 5.28. The number of hydrogen-bond donors (Lipinski definition) is 1. The van der Waals surface area contributed by atoms with Gasteiger partial charge in [-0.05, 0) is 68.5 Å². The van der Waals surface area contributed by atoms with Crippen LogP contribution in [0.4, 0.5) is 0 Å². The fourth-order valence-electron chi connectivity index (χ4n) is 4.34. The first kappa shape index (κ1) is 13.2. The van der Waals surface area contributed by atoms with Crippen molar-refractivity contribution >= 4 is 0 Å². The normalized spacial score (nSPS) is 30.2. The summed E-state index contributed by atoms with van der Waals surface area (Å²) >= 11 is 0. The Morgan fingerprint density at radius 1 is 1.21 bits per heavy atom. The van der Waals surface area contributed by atoms with Crippen molar-refractivity contribution in [2.24, 2.45) is 17.8 Å². The molecule has 1 heteroatoms. The van der Waals surface area contributed by atoms with Crippen molar-refractivity contribution in [2.75, 3.05) is 6.54 Å². The predicted octanol–water partition coefficient (Wildman–Crippen LogP) is 3.87. The van der Waals surface area contributed by atoms with Gasteiger partial charge in [-0.1, -0.05) is 37.1 Å². The second-order valence-corrected chi connectivity index (χ2v) is 6.63. The molecule has 3 rings (SSSR count). The zero-order valence-electron chi connectivity index (χ0n) is 12.6. The standard InChI is InChI=1S/C18H27N/c1-4-19-17(18-15-6-5-7-16(15)18)11-14-10-12(2)8-9-13(14)3/h8-10,15-19H,4-7,11H2,1-3H3. The Balaban J connectivity index is 1.72. The molecule has 1 nitrogen and oxygen atoms in total. The van der Waals surface area contributed by atoms with Crippen LogP contribution in [-0.4, -0.2) is 12.6 Å². The molecule has 0 bridgehead atoms. The van der Waals surface area contributed by atoms with E-state index in [1.54, 1.807) is 5.56 Å². The average molecular weight is 257 g/mol. The van der Waals surface area contributed by atoms with Gasteiger partial charge in [0.2, 0.25) is 0 Å². The molecule has 2 aliphatic carbocycles. The summed E-state index contributed by atoms with van der Waals surface area (Å²) in [5.74, 6) is 3.07. The molecule has 2 fully saturated rings. The zero-order valence-corrected chi connectivity index (χ0v) is 12.6. The molecule has 0 aromatic heterocycles. The first-order valence-corrected chi connectivity index (χ1v) is 8.00. The topological polar surface area (TPSA) is 12.0 Å². The van der Waals surface area contributed by atoms with Crippen LogP contribution in [0.5, 0.6) is 0 Å². The summed E-state index contributed by atoms with van der Waals surface area (Å²) in [5, 5.41) is 3.77. The van der Waals surface area contributed by atoms with Crippen molar-refractivity contribution in [3.63, 3.8) is 0 Å². The highest BCUT2D eigenvalue weighted by Crippen LogP contribution is 2.59. The lowest BCUT2D eigenvalue weighted by Gasteiger charge is -2.21. The van der Waals surface area contributed by atoms with Crippen molar-refractivity contribution in [1.82, 2.24) is 5.32 Å². The molecule has 1 N–H and O–H groups in total. The maximum atomic E-state index is 3.77. The molecule has 0 aliphatic heterocycles. The first-order chi connectivity index (χ1) is 9.20. The van der Waals surface area contributed by atoms with Gasteiger partial charge in [0, 0.05) is 6.04 Å². The van der Waals surface area contributed by atoms with E-state index in [-0.39, 0.29) is 0 Å². The third-order valence-electron chi connectivity index (χ3n) is 5.35. The summed E-state index contributed by atoms with van der Waals surface area (Å²) in [6.07, 6.45) is 5.68. The van der Waals surface area contributed by atoms with E-state index >= 15 is 0 Å². The van der Waals surface area contributed by atoms with Crippen LogP contribution < -0.4 is 5.32 Å². The maximum absolute atomic E-state index is 3.77. The molecular weight excluding hydrogens is 230 g/mol. The van der Waals surface area contributed by atoms with E-state index in [4.69, 9.17) is 0 Å². The summed E-state index contributed by atoms with van der Waals surface area (Å²) < 4.78 is 0. The van der Waals surface area contributed by atoms with Crippen molar-refractivity contribution in [3.05, 3.63) is 34.9 Å². The molecule has 3 unspecified atom stereocenters. The molecule has 2 aliphatic rings. The SMILES string of the molecule is CCNC(Cc1cc(C)ccc1C)C1C2CCCC21. The first-order valence-electron chi connectivity index (χ1n) is 8.00. The van der Waals surface area contributed by atoms with Gasteiger partial charge in [-0.2, -0.15) is 0 Å². The van der Waals surface area contributed by atoms with Gasteiger partial charge in [-0.3, -0.25) is 0 Å². The monoisotopic (exact) mass is 257 g/mol. The molecule has 1 aromatic rings. The van der Waals surface area contributed by atoms with Crippen LogP contribution in [-0.2, 0) is 6.42 Å². The van der Waals surface area contributed by atoms with E-state index in [1.807, 2.05) is 0 Å². The average Bonchev–Trinajstić information content (AvgIpc) is 2.86. The fourth-order valence-corrected chi connectivity index (χ4v) is 4.34. The van der Waals surface area contributed by atoms with E-state index in [0.717, 1.165) is 24.3 Å². The highest BCUT2D eigenvalue weighted by molar-refractivity contribution is 5.31. The third-order valence-corrected chi connectivity index (χ3v) is 5.35. The lowest BCUT2D eigenvalue weighted by molar-refractivity contribution is 0.410. The number of likely N-dealkylation sites (N-methyl/N-ethyl adjacent to an activating group) is 1. The molecule has 0 saturated heterocycles. The molecule has 0 spiro atoms. The zero-order chi connectivity index (χ0) is 13.4. The van der Waals surface area contributed by atoms with E-state index in [0.29, 0.717) is 6.04 Å². The van der Waals surface area contributed by atoms with Gasteiger partial charge >= 0.3 is 0 Å². The summed E-state index contributed by atoms with van der Waals surface area (Å²) in [6.45, 7) is 7.81. The molecule has 19 heavy (non-hydrogen) atoms. The van der Waals surface area contributed by atoms with Crippen LogP contribution in [0.3, 0.4) is 0 Å². The summed E-state index contributed by atoms with van der Waals surface area (Å²) in [7, 11) is 0. The minimum absolute atomic E-state index is 0.709. The van der Waals surface area contributed by atoms with E-state index in [9.17, 15) is 0 Å². The molecule has 0 heterocycles. The second-order valence-electron chi connectivity index (χ2n) is 6.63. The Bertz CT molecular complexity index is 441. The molecule has 1 aromatic carbocycles. The van der Waals surface area contributed by atoms with Crippen LogP contribution >= 0.6 is 0 Å². The summed E-state index contributed by atoms with van der Waals surface area (Å²) in [4.78, 5) is 0. The van der Waals surface area contributed by atoms with Crippen LogP contribution in [0.1, 0.15) is 42.9 Å². The maximum Gasteiger partial charge on any atom is 0.0141 e. The van der Waals surface area contributed by atoms with Crippen LogP contribution in [0.2, 0.25) is 0 Å². The van der Waals surface area contributed by atoms with Gasteiger partial charge in [0.1, 0.15) is 0 Å². The number of nitrogens with one attached hydrogen (secondary N) is 1. The summed E-state index contributed by atoms with van der Waals surface area (Å²) in [6, 6.07) is 7.60. The largest absolute Gasteiger partial charge is 0.314 e. The number of aryl methyl sites for hydroxylation is 2. The van der Waals surface area contributed by atoms with Crippen molar-refractivity contribution in [1.29, 1.82) is 0 Å². The van der Waals surface area contributed by atoms with E-state index in [2.05, 4.69) is 44.3 Å². The van der Waals surface area contributed by atoms with Gasteiger partial charge in [-0.15, -0.1) is 0 Å². The molecule has 2 saturated carbocycles. The molecule has 0 radical (unpaired) electrons. The Morgan fingerprint density at radius 3 is 2.63 bits per heavy atom. The van der Waals surface area contributed by atoms with Gasteiger partial charge in [0.15, 0.2) is 0 Å². The summed E-state index contributed by atoms with van der Waals surface area (Å²) in [5.41, 5.74) is 4.40. The fraction of sp³-hybridized carbons (Fsp3) is 0.667. The Morgan fingerprint density at radius 2 is 1.95 bits per heavy atom. The van der Waals surface area contributed by atoms with Gasteiger partial charge < -0.3 is 5.32 Å². The van der Waals surface area contributed by atoms with Crippen LogP contribution in [0.25, 0.3) is 0 Å². The number of rotatable bonds is 5. The third kappa shape index (κ3) is 2.58. The van der Waals surface area contributed by atoms with Crippen molar-refractivity contribution in [3.8, 4) is 0 Å². The van der Waals surface area contributed by atoms with Crippen LogP contribution in [0, 0.1) is 31.6 Å². The van der Waals surface area contributed by atoms with E-state index in [1.165, 1.54) is 36.8 Å². The minimum Gasteiger partial charge on any atom is -0.314 e. The molecule has 0 amide bonds.